The summed E-state index contributed by atoms with van der Waals surface area (Å²) in [5, 5.41) is 20.8. The Morgan fingerprint density at radius 2 is 2.19 bits per heavy atom. The largest absolute Gasteiger partial charge is 0.491 e. The molecule has 6 nitrogen and oxygen atoms in total. The van der Waals surface area contributed by atoms with Crippen molar-refractivity contribution in [2.75, 3.05) is 13.2 Å². The number of ether oxygens (including phenoxy) is 1. The van der Waals surface area contributed by atoms with Gasteiger partial charge in [0.1, 0.15) is 30.6 Å². The number of hydrogen-bond donors (Lipinski definition) is 2. The standard InChI is InChI=1S/C15H22N4O2/c1-11-4-5-12(2)14(6-11)21-9-13(20)7-16-8-15-18-17-10-19(15)3/h4-6,10,13,16,20H,7-9H2,1-3H3. The van der Waals surface area contributed by atoms with Crippen LogP contribution in [0, 0.1) is 13.8 Å². The van der Waals surface area contributed by atoms with E-state index in [0.29, 0.717) is 13.1 Å². The lowest BCUT2D eigenvalue weighted by Gasteiger charge is -2.15. The minimum Gasteiger partial charge on any atom is -0.491 e. The van der Waals surface area contributed by atoms with Gasteiger partial charge in [-0.05, 0) is 31.0 Å². The maximum atomic E-state index is 9.94. The van der Waals surface area contributed by atoms with Gasteiger partial charge in [-0.15, -0.1) is 10.2 Å². The zero-order chi connectivity index (χ0) is 15.2. The lowest BCUT2D eigenvalue weighted by Crippen LogP contribution is -2.31. The fraction of sp³-hybridized carbons (Fsp3) is 0.467. The summed E-state index contributed by atoms with van der Waals surface area (Å²) in [6.45, 7) is 5.28. The quantitative estimate of drug-likeness (QED) is 0.795. The molecule has 0 saturated heterocycles. The molecule has 0 aliphatic heterocycles. The molecule has 0 radical (unpaired) electrons. The predicted molar refractivity (Wildman–Crippen MR) is 80.1 cm³/mol. The van der Waals surface area contributed by atoms with Crippen molar-refractivity contribution in [3.8, 4) is 5.75 Å². The van der Waals surface area contributed by atoms with E-state index in [4.69, 9.17) is 4.74 Å². The Kier molecular flexibility index (Phi) is 5.30. The fourth-order valence-corrected chi connectivity index (χ4v) is 1.93. The average molecular weight is 290 g/mol. The van der Waals surface area contributed by atoms with Gasteiger partial charge in [-0.2, -0.15) is 0 Å². The van der Waals surface area contributed by atoms with Crippen LogP contribution in [0.4, 0.5) is 0 Å². The van der Waals surface area contributed by atoms with Gasteiger partial charge >= 0.3 is 0 Å². The molecule has 0 amide bonds. The fourth-order valence-electron chi connectivity index (χ4n) is 1.93. The van der Waals surface area contributed by atoms with Gasteiger partial charge < -0.3 is 19.7 Å². The molecule has 0 fully saturated rings. The van der Waals surface area contributed by atoms with E-state index in [9.17, 15) is 5.11 Å². The highest BCUT2D eigenvalue weighted by atomic mass is 16.5. The Bertz CT molecular complexity index is 583. The third-order valence-corrected chi connectivity index (χ3v) is 3.24. The Hall–Kier alpha value is -1.92. The van der Waals surface area contributed by atoms with Crippen LogP contribution < -0.4 is 10.1 Å². The Labute approximate surface area is 124 Å². The van der Waals surface area contributed by atoms with E-state index in [1.807, 2.05) is 43.7 Å². The van der Waals surface area contributed by atoms with E-state index in [1.165, 1.54) is 0 Å². The van der Waals surface area contributed by atoms with Crippen LogP contribution in [0.15, 0.2) is 24.5 Å². The van der Waals surface area contributed by atoms with Gasteiger partial charge in [0, 0.05) is 13.6 Å². The monoisotopic (exact) mass is 290 g/mol. The summed E-state index contributed by atoms with van der Waals surface area (Å²) in [5.41, 5.74) is 2.21. The van der Waals surface area contributed by atoms with Crippen LogP contribution in [-0.2, 0) is 13.6 Å². The van der Waals surface area contributed by atoms with E-state index in [1.54, 1.807) is 6.33 Å². The van der Waals surface area contributed by atoms with Gasteiger partial charge in [0.15, 0.2) is 0 Å². The average Bonchev–Trinajstić information content (AvgIpc) is 2.85. The van der Waals surface area contributed by atoms with E-state index in [0.717, 1.165) is 22.7 Å². The maximum Gasteiger partial charge on any atom is 0.146 e. The van der Waals surface area contributed by atoms with Crippen molar-refractivity contribution in [2.24, 2.45) is 7.05 Å². The van der Waals surface area contributed by atoms with Crippen molar-refractivity contribution in [1.29, 1.82) is 0 Å². The second kappa shape index (κ2) is 7.19. The highest BCUT2D eigenvalue weighted by Crippen LogP contribution is 2.19. The molecule has 0 aliphatic carbocycles. The number of aliphatic hydroxyl groups is 1. The number of hydrogen-bond acceptors (Lipinski definition) is 5. The summed E-state index contributed by atoms with van der Waals surface area (Å²) in [6.07, 6.45) is 1.08. The summed E-state index contributed by atoms with van der Waals surface area (Å²) in [7, 11) is 1.89. The molecule has 0 spiro atoms. The molecule has 1 aromatic heterocycles. The summed E-state index contributed by atoms with van der Waals surface area (Å²) in [5.74, 6) is 1.65. The first-order chi connectivity index (χ1) is 10.1. The zero-order valence-electron chi connectivity index (χ0n) is 12.7. The number of nitrogens with zero attached hydrogens (tertiary/aromatic N) is 3. The second-order valence-electron chi connectivity index (χ2n) is 5.22. The van der Waals surface area contributed by atoms with Crippen LogP contribution in [-0.4, -0.2) is 39.1 Å². The van der Waals surface area contributed by atoms with Gasteiger partial charge in [0.25, 0.3) is 0 Å². The van der Waals surface area contributed by atoms with Crippen LogP contribution in [0.5, 0.6) is 5.75 Å². The molecule has 114 valence electrons. The van der Waals surface area contributed by atoms with Crippen LogP contribution in [0.25, 0.3) is 0 Å². The number of benzene rings is 1. The summed E-state index contributed by atoms with van der Waals surface area (Å²) >= 11 is 0. The first-order valence-electron chi connectivity index (χ1n) is 6.98. The molecule has 2 rings (SSSR count). The van der Waals surface area contributed by atoms with Gasteiger partial charge in [0.2, 0.25) is 0 Å². The van der Waals surface area contributed by atoms with Crippen molar-refractivity contribution >= 4 is 0 Å². The first kappa shape index (κ1) is 15.5. The number of aliphatic hydroxyl groups excluding tert-OH is 1. The molecular formula is C15H22N4O2. The predicted octanol–water partition coefficient (Wildman–Crippen LogP) is 0.961. The van der Waals surface area contributed by atoms with Gasteiger partial charge in [-0.3, -0.25) is 0 Å². The van der Waals surface area contributed by atoms with Gasteiger partial charge in [0.05, 0.1) is 6.54 Å². The SMILES string of the molecule is Cc1ccc(C)c(OCC(O)CNCc2nncn2C)c1. The second-order valence-corrected chi connectivity index (χ2v) is 5.22. The molecule has 0 saturated carbocycles. The third-order valence-electron chi connectivity index (χ3n) is 3.24. The highest BCUT2D eigenvalue weighted by molar-refractivity contribution is 5.35. The Morgan fingerprint density at radius 3 is 2.90 bits per heavy atom. The Balaban J connectivity index is 1.73. The first-order valence-corrected chi connectivity index (χ1v) is 6.98. The van der Waals surface area contributed by atoms with Crippen molar-refractivity contribution in [1.82, 2.24) is 20.1 Å². The smallest absolute Gasteiger partial charge is 0.146 e. The molecule has 2 N–H and O–H groups in total. The van der Waals surface area contributed by atoms with Crippen LogP contribution >= 0.6 is 0 Å². The van der Waals surface area contributed by atoms with Crippen molar-refractivity contribution in [3.05, 3.63) is 41.5 Å². The van der Waals surface area contributed by atoms with E-state index >= 15 is 0 Å². The van der Waals surface area contributed by atoms with Crippen molar-refractivity contribution in [3.63, 3.8) is 0 Å². The minimum absolute atomic E-state index is 0.260. The highest BCUT2D eigenvalue weighted by Gasteiger charge is 2.08. The van der Waals surface area contributed by atoms with E-state index < -0.39 is 6.10 Å². The molecular weight excluding hydrogens is 268 g/mol. The molecule has 21 heavy (non-hydrogen) atoms. The summed E-state index contributed by atoms with van der Waals surface area (Å²) < 4.78 is 7.51. The molecule has 1 heterocycles. The van der Waals surface area contributed by atoms with Gasteiger partial charge in [-0.1, -0.05) is 12.1 Å². The van der Waals surface area contributed by atoms with Gasteiger partial charge in [-0.25, -0.2) is 0 Å². The van der Waals surface area contributed by atoms with Crippen LogP contribution in [0.1, 0.15) is 17.0 Å². The Morgan fingerprint density at radius 1 is 1.38 bits per heavy atom. The third kappa shape index (κ3) is 4.54. The van der Waals surface area contributed by atoms with Crippen LogP contribution in [0.2, 0.25) is 0 Å². The normalized spacial score (nSPS) is 12.4. The molecule has 6 heteroatoms. The molecule has 2 aromatic rings. The molecule has 0 aliphatic rings. The lowest BCUT2D eigenvalue weighted by molar-refractivity contribution is 0.105. The summed E-state index contributed by atoms with van der Waals surface area (Å²) in [4.78, 5) is 0. The minimum atomic E-state index is -0.571. The van der Waals surface area contributed by atoms with Crippen molar-refractivity contribution < 1.29 is 9.84 Å². The molecule has 1 unspecified atom stereocenters. The molecule has 1 atom stereocenters. The zero-order valence-corrected chi connectivity index (χ0v) is 12.7. The summed E-state index contributed by atoms with van der Waals surface area (Å²) in [6, 6.07) is 6.04. The van der Waals surface area contributed by atoms with E-state index in [2.05, 4.69) is 15.5 Å². The maximum absolute atomic E-state index is 9.94. The molecule has 1 aromatic carbocycles. The lowest BCUT2D eigenvalue weighted by atomic mass is 10.1. The van der Waals surface area contributed by atoms with E-state index in [-0.39, 0.29) is 6.61 Å². The molecule has 0 bridgehead atoms. The number of aromatic nitrogens is 3. The van der Waals surface area contributed by atoms with Crippen molar-refractivity contribution in [2.45, 2.75) is 26.5 Å². The van der Waals surface area contributed by atoms with Crippen LogP contribution in [0.3, 0.4) is 0 Å². The number of nitrogens with one attached hydrogen (secondary N) is 1. The topological polar surface area (TPSA) is 72.2 Å². The number of aryl methyl sites for hydroxylation is 3. The number of rotatable bonds is 7.